The van der Waals surface area contributed by atoms with Crippen molar-refractivity contribution in [3.8, 4) is 11.5 Å². The summed E-state index contributed by atoms with van der Waals surface area (Å²) >= 11 is 0. The van der Waals surface area contributed by atoms with Gasteiger partial charge in [0.15, 0.2) is 17.3 Å². The normalized spacial score (nSPS) is 14.1. The fourth-order valence-electron chi connectivity index (χ4n) is 2.37. The number of carbonyl (C=O) groups excluding carboxylic acids is 1. The van der Waals surface area contributed by atoms with E-state index in [0.717, 1.165) is 0 Å². The first-order chi connectivity index (χ1) is 10.1. The molecule has 1 aliphatic heterocycles. The molecule has 0 saturated carbocycles. The Balaban J connectivity index is 2.23. The molecule has 0 saturated heterocycles. The number of rotatable bonds is 5. The van der Waals surface area contributed by atoms with Crippen LogP contribution in [-0.4, -0.2) is 23.7 Å². The number of hydrogen-bond acceptors (Lipinski definition) is 5. The summed E-state index contributed by atoms with van der Waals surface area (Å²) in [4.78, 5) is 12.5. The SMILES string of the molecule is CCC(CC)(C(=O)Nc1ccc2c(c1)OCO2)C(N)=NO. The van der Waals surface area contributed by atoms with E-state index in [-0.39, 0.29) is 18.5 Å². The van der Waals surface area contributed by atoms with Crippen molar-refractivity contribution in [3.05, 3.63) is 18.2 Å². The van der Waals surface area contributed by atoms with Crippen LogP contribution in [0.3, 0.4) is 0 Å². The van der Waals surface area contributed by atoms with Crippen molar-refractivity contribution in [1.82, 2.24) is 0 Å². The molecule has 0 atom stereocenters. The van der Waals surface area contributed by atoms with Gasteiger partial charge in [0.2, 0.25) is 12.7 Å². The summed E-state index contributed by atoms with van der Waals surface area (Å²) < 4.78 is 10.5. The summed E-state index contributed by atoms with van der Waals surface area (Å²) in [5.41, 5.74) is 5.25. The predicted molar refractivity (Wildman–Crippen MR) is 77.6 cm³/mol. The summed E-state index contributed by atoms with van der Waals surface area (Å²) in [6.45, 7) is 3.81. The Morgan fingerprint density at radius 1 is 1.38 bits per heavy atom. The summed E-state index contributed by atoms with van der Waals surface area (Å²) in [5, 5.41) is 14.7. The Hall–Kier alpha value is -2.44. The van der Waals surface area contributed by atoms with Crippen LogP contribution in [0.5, 0.6) is 11.5 Å². The second kappa shape index (κ2) is 5.90. The van der Waals surface area contributed by atoms with Gasteiger partial charge in [-0.2, -0.15) is 0 Å². The van der Waals surface area contributed by atoms with Crippen LogP contribution >= 0.6 is 0 Å². The zero-order chi connectivity index (χ0) is 15.5. The lowest BCUT2D eigenvalue weighted by Crippen LogP contribution is -2.46. The number of amides is 1. The van der Waals surface area contributed by atoms with Gasteiger partial charge < -0.3 is 25.7 Å². The highest BCUT2D eigenvalue weighted by atomic mass is 16.7. The van der Waals surface area contributed by atoms with Gasteiger partial charge in [0, 0.05) is 11.8 Å². The molecule has 114 valence electrons. The van der Waals surface area contributed by atoms with Crippen LogP contribution in [0.15, 0.2) is 23.4 Å². The highest BCUT2D eigenvalue weighted by Gasteiger charge is 2.40. The molecule has 4 N–H and O–H groups in total. The standard InChI is InChI=1S/C14H19N3O4/c1-3-14(4-2,12(15)17-19)13(18)16-9-5-6-10-11(7-9)21-8-20-10/h5-7,19H,3-4,8H2,1-2H3,(H2,15,17)(H,16,18). The fourth-order valence-corrected chi connectivity index (χ4v) is 2.37. The summed E-state index contributed by atoms with van der Waals surface area (Å²) in [5.74, 6) is 0.810. The van der Waals surface area contributed by atoms with Crippen LogP contribution < -0.4 is 20.5 Å². The lowest BCUT2D eigenvalue weighted by Gasteiger charge is -2.28. The van der Waals surface area contributed by atoms with Crippen molar-refractivity contribution in [1.29, 1.82) is 0 Å². The number of ether oxygens (including phenoxy) is 2. The van der Waals surface area contributed by atoms with Gasteiger partial charge in [0.1, 0.15) is 5.41 Å². The van der Waals surface area contributed by atoms with Crippen molar-refractivity contribution >= 4 is 17.4 Å². The van der Waals surface area contributed by atoms with Crippen LogP contribution in [0, 0.1) is 5.41 Å². The maximum Gasteiger partial charge on any atom is 0.238 e. The number of amidine groups is 1. The summed E-state index contributed by atoms with van der Waals surface area (Å²) in [7, 11) is 0. The Bertz CT molecular complexity index is 567. The molecule has 2 rings (SSSR count). The number of hydrogen-bond donors (Lipinski definition) is 3. The molecule has 0 aliphatic carbocycles. The van der Waals surface area contributed by atoms with Gasteiger partial charge in [-0.25, -0.2) is 0 Å². The molecule has 0 fully saturated rings. The van der Waals surface area contributed by atoms with E-state index in [1.807, 2.05) is 13.8 Å². The third kappa shape index (κ3) is 2.58. The average molecular weight is 293 g/mol. The fraction of sp³-hybridized carbons (Fsp3) is 0.429. The Labute approximate surface area is 122 Å². The molecule has 1 heterocycles. The third-order valence-corrected chi connectivity index (χ3v) is 3.87. The maximum absolute atomic E-state index is 12.5. The zero-order valence-corrected chi connectivity index (χ0v) is 12.0. The largest absolute Gasteiger partial charge is 0.454 e. The second-order valence-electron chi connectivity index (χ2n) is 4.80. The summed E-state index contributed by atoms with van der Waals surface area (Å²) in [6, 6.07) is 5.12. The Morgan fingerprint density at radius 2 is 2.05 bits per heavy atom. The van der Waals surface area contributed by atoms with Crippen LogP contribution in [0.1, 0.15) is 26.7 Å². The van der Waals surface area contributed by atoms with Crippen LogP contribution in [-0.2, 0) is 4.79 Å². The van der Waals surface area contributed by atoms with E-state index in [4.69, 9.17) is 20.4 Å². The van der Waals surface area contributed by atoms with Gasteiger partial charge in [0.25, 0.3) is 0 Å². The minimum absolute atomic E-state index is 0.0919. The number of anilines is 1. The highest BCUT2D eigenvalue weighted by molar-refractivity contribution is 6.11. The molecule has 7 nitrogen and oxygen atoms in total. The van der Waals surface area contributed by atoms with E-state index in [1.54, 1.807) is 18.2 Å². The molecule has 0 radical (unpaired) electrons. The van der Waals surface area contributed by atoms with Gasteiger partial charge in [-0.3, -0.25) is 4.79 Å². The van der Waals surface area contributed by atoms with Crippen molar-refractivity contribution < 1.29 is 19.5 Å². The van der Waals surface area contributed by atoms with Gasteiger partial charge in [-0.15, -0.1) is 0 Å². The number of benzene rings is 1. The van der Waals surface area contributed by atoms with Crippen molar-refractivity contribution in [2.75, 3.05) is 12.1 Å². The molecule has 0 aromatic heterocycles. The zero-order valence-electron chi connectivity index (χ0n) is 12.0. The van der Waals surface area contributed by atoms with E-state index < -0.39 is 5.41 Å². The molecule has 0 bridgehead atoms. The van der Waals surface area contributed by atoms with Crippen LogP contribution in [0.25, 0.3) is 0 Å². The minimum atomic E-state index is -1.04. The molecule has 1 amide bonds. The molecular weight excluding hydrogens is 274 g/mol. The molecule has 7 heteroatoms. The van der Waals surface area contributed by atoms with Crippen molar-refractivity contribution in [2.45, 2.75) is 26.7 Å². The van der Waals surface area contributed by atoms with E-state index >= 15 is 0 Å². The monoisotopic (exact) mass is 293 g/mol. The highest BCUT2D eigenvalue weighted by Crippen LogP contribution is 2.35. The molecule has 1 aromatic rings. The van der Waals surface area contributed by atoms with Crippen molar-refractivity contribution in [2.24, 2.45) is 16.3 Å². The number of oxime groups is 1. The molecule has 21 heavy (non-hydrogen) atoms. The first-order valence-corrected chi connectivity index (χ1v) is 6.76. The Kier molecular flexibility index (Phi) is 4.21. The van der Waals surface area contributed by atoms with E-state index in [1.165, 1.54) is 0 Å². The second-order valence-corrected chi connectivity index (χ2v) is 4.80. The van der Waals surface area contributed by atoms with E-state index in [2.05, 4.69) is 10.5 Å². The van der Waals surface area contributed by atoms with Crippen LogP contribution in [0.2, 0.25) is 0 Å². The van der Waals surface area contributed by atoms with Gasteiger partial charge >= 0.3 is 0 Å². The smallest absolute Gasteiger partial charge is 0.238 e. The topological polar surface area (TPSA) is 106 Å². The quantitative estimate of drug-likeness (QED) is 0.333. The number of nitrogens with two attached hydrogens (primary N) is 1. The lowest BCUT2D eigenvalue weighted by molar-refractivity contribution is -0.122. The van der Waals surface area contributed by atoms with E-state index in [0.29, 0.717) is 30.0 Å². The minimum Gasteiger partial charge on any atom is -0.454 e. The average Bonchev–Trinajstić information content (AvgIpc) is 2.96. The molecule has 0 unspecified atom stereocenters. The molecule has 1 aromatic carbocycles. The molecule has 1 aliphatic rings. The molecule has 0 spiro atoms. The predicted octanol–water partition coefficient (Wildman–Crippen LogP) is 1.91. The van der Waals surface area contributed by atoms with E-state index in [9.17, 15) is 4.79 Å². The number of fused-ring (bicyclic) bond motifs is 1. The van der Waals surface area contributed by atoms with Gasteiger partial charge in [-0.05, 0) is 25.0 Å². The van der Waals surface area contributed by atoms with Crippen molar-refractivity contribution in [3.63, 3.8) is 0 Å². The number of carbonyl (C=O) groups is 1. The maximum atomic E-state index is 12.5. The Morgan fingerprint density at radius 3 is 2.67 bits per heavy atom. The van der Waals surface area contributed by atoms with Gasteiger partial charge in [-0.1, -0.05) is 19.0 Å². The third-order valence-electron chi connectivity index (χ3n) is 3.87. The lowest BCUT2D eigenvalue weighted by atomic mass is 9.80. The molecular formula is C14H19N3O4. The first kappa shape index (κ1) is 15.0. The summed E-state index contributed by atoms with van der Waals surface area (Å²) in [6.07, 6.45) is 0.853. The number of nitrogens with zero attached hydrogens (tertiary/aromatic N) is 1. The first-order valence-electron chi connectivity index (χ1n) is 6.76. The van der Waals surface area contributed by atoms with Crippen LogP contribution in [0.4, 0.5) is 5.69 Å². The number of nitrogens with one attached hydrogen (secondary N) is 1. The van der Waals surface area contributed by atoms with Gasteiger partial charge in [0.05, 0.1) is 0 Å².